The van der Waals surface area contributed by atoms with Crippen molar-refractivity contribution in [3.05, 3.63) is 54.1 Å². The quantitative estimate of drug-likeness (QED) is 0.828. The lowest BCUT2D eigenvalue weighted by Gasteiger charge is -2.34. The Labute approximate surface area is 158 Å². The van der Waals surface area contributed by atoms with Crippen molar-refractivity contribution >= 4 is 12.0 Å². The number of carbonyl (C=O) groups is 2. The number of rotatable bonds is 4. The van der Waals surface area contributed by atoms with Crippen molar-refractivity contribution in [3.63, 3.8) is 0 Å². The number of nitrogens with zero attached hydrogens (tertiary/aromatic N) is 2. The van der Waals surface area contributed by atoms with Gasteiger partial charge in [0.2, 0.25) is 0 Å². The summed E-state index contributed by atoms with van der Waals surface area (Å²) in [5, 5.41) is 0. The molecule has 0 spiro atoms. The predicted octanol–water partition coefficient (Wildman–Crippen LogP) is 2.66. The summed E-state index contributed by atoms with van der Waals surface area (Å²) >= 11 is 0. The van der Waals surface area contributed by atoms with E-state index in [1.807, 2.05) is 6.07 Å². The van der Waals surface area contributed by atoms with Crippen LogP contribution in [0.5, 0.6) is 17.2 Å². The first-order chi connectivity index (χ1) is 13.1. The van der Waals surface area contributed by atoms with Crippen LogP contribution in [0.1, 0.15) is 10.4 Å². The van der Waals surface area contributed by atoms with Crippen LogP contribution in [0.2, 0.25) is 0 Å². The van der Waals surface area contributed by atoms with Gasteiger partial charge in [-0.2, -0.15) is 0 Å². The molecule has 0 aromatic heterocycles. The molecular formula is C20H22N2O5. The lowest BCUT2D eigenvalue weighted by Crippen LogP contribution is -2.51. The van der Waals surface area contributed by atoms with E-state index >= 15 is 0 Å². The predicted molar refractivity (Wildman–Crippen MR) is 99.5 cm³/mol. The third-order valence-corrected chi connectivity index (χ3v) is 4.41. The lowest BCUT2D eigenvalue weighted by molar-refractivity contribution is 0.0630. The molecule has 1 aliphatic heterocycles. The highest BCUT2D eigenvalue weighted by Gasteiger charge is 2.27. The zero-order valence-electron chi connectivity index (χ0n) is 15.4. The largest absolute Gasteiger partial charge is 0.497 e. The van der Waals surface area contributed by atoms with Gasteiger partial charge in [0.1, 0.15) is 17.2 Å². The Morgan fingerprint density at radius 1 is 0.815 bits per heavy atom. The van der Waals surface area contributed by atoms with Crippen LogP contribution in [-0.4, -0.2) is 62.2 Å². The van der Waals surface area contributed by atoms with Crippen molar-refractivity contribution in [2.75, 3.05) is 40.4 Å². The molecule has 0 aliphatic carbocycles. The van der Waals surface area contributed by atoms with Gasteiger partial charge in [0, 0.05) is 26.2 Å². The van der Waals surface area contributed by atoms with E-state index in [-0.39, 0.29) is 5.91 Å². The molecule has 2 aromatic carbocycles. The Balaban J connectivity index is 1.62. The lowest BCUT2D eigenvalue weighted by atomic mass is 10.1. The van der Waals surface area contributed by atoms with Gasteiger partial charge >= 0.3 is 6.09 Å². The first-order valence-electron chi connectivity index (χ1n) is 8.65. The van der Waals surface area contributed by atoms with Crippen molar-refractivity contribution in [3.8, 4) is 17.2 Å². The summed E-state index contributed by atoms with van der Waals surface area (Å²) in [6.07, 6.45) is -0.410. The smallest absolute Gasteiger partial charge is 0.415 e. The molecule has 1 heterocycles. The van der Waals surface area contributed by atoms with Crippen LogP contribution in [0.3, 0.4) is 0 Å². The third-order valence-electron chi connectivity index (χ3n) is 4.41. The van der Waals surface area contributed by atoms with Gasteiger partial charge < -0.3 is 24.0 Å². The van der Waals surface area contributed by atoms with E-state index in [2.05, 4.69) is 0 Å². The summed E-state index contributed by atoms with van der Waals surface area (Å²) in [6.45, 7) is 1.65. The summed E-state index contributed by atoms with van der Waals surface area (Å²) in [7, 11) is 3.07. The van der Waals surface area contributed by atoms with E-state index in [1.165, 1.54) is 7.11 Å². The maximum absolute atomic E-state index is 12.9. The molecule has 142 valence electrons. The minimum atomic E-state index is -0.410. The number of benzene rings is 2. The van der Waals surface area contributed by atoms with Crippen molar-refractivity contribution in [2.24, 2.45) is 0 Å². The molecule has 3 rings (SSSR count). The first-order valence-corrected chi connectivity index (χ1v) is 8.65. The second kappa shape index (κ2) is 8.44. The number of carbonyl (C=O) groups excluding carboxylic acids is 2. The molecule has 0 unspecified atom stereocenters. The van der Waals surface area contributed by atoms with Crippen molar-refractivity contribution in [2.45, 2.75) is 0 Å². The Morgan fingerprint density at radius 2 is 1.48 bits per heavy atom. The van der Waals surface area contributed by atoms with E-state index in [4.69, 9.17) is 14.2 Å². The molecule has 0 bridgehead atoms. The van der Waals surface area contributed by atoms with Gasteiger partial charge in [-0.15, -0.1) is 0 Å². The first kappa shape index (κ1) is 18.6. The van der Waals surface area contributed by atoms with E-state index in [0.717, 1.165) is 0 Å². The van der Waals surface area contributed by atoms with Gasteiger partial charge in [0.15, 0.2) is 0 Å². The van der Waals surface area contributed by atoms with Gasteiger partial charge in [0.05, 0.1) is 19.8 Å². The summed E-state index contributed by atoms with van der Waals surface area (Å²) < 4.78 is 15.8. The second-order valence-electron chi connectivity index (χ2n) is 6.03. The third kappa shape index (κ3) is 4.31. The molecule has 1 fully saturated rings. The fraction of sp³-hybridized carbons (Fsp3) is 0.300. The van der Waals surface area contributed by atoms with Crippen LogP contribution < -0.4 is 14.2 Å². The van der Waals surface area contributed by atoms with Crippen molar-refractivity contribution in [1.29, 1.82) is 0 Å². The molecule has 7 heteroatoms. The minimum absolute atomic E-state index is 0.151. The summed E-state index contributed by atoms with van der Waals surface area (Å²) in [5.74, 6) is 1.43. The number of piperazine rings is 1. The maximum Gasteiger partial charge on any atom is 0.415 e. The Hall–Kier alpha value is -3.22. The van der Waals surface area contributed by atoms with Crippen LogP contribution in [0, 0.1) is 0 Å². The average Bonchev–Trinajstić information content (AvgIpc) is 2.73. The van der Waals surface area contributed by atoms with Crippen LogP contribution in [-0.2, 0) is 0 Å². The molecule has 0 radical (unpaired) electrons. The number of hydrogen-bond donors (Lipinski definition) is 0. The van der Waals surface area contributed by atoms with E-state index in [9.17, 15) is 9.59 Å². The number of hydrogen-bond acceptors (Lipinski definition) is 5. The van der Waals surface area contributed by atoms with E-state index in [0.29, 0.717) is 49.0 Å². The zero-order valence-corrected chi connectivity index (χ0v) is 15.4. The number of para-hydroxylation sites is 1. The van der Waals surface area contributed by atoms with Gasteiger partial charge in [-0.3, -0.25) is 4.79 Å². The molecule has 2 amide bonds. The Morgan fingerprint density at radius 3 is 2.11 bits per heavy atom. The fourth-order valence-electron chi connectivity index (χ4n) is 2.90. The highest BCUT2D eigenvalue weighted by molar-refractivity contribution is 5.97. The molecule has 2 aromatic rings. The highest BCUT2D eigenvalue weighted by atomic mass is 16.6. The zero-order chi connectivity index (χ0) is 19.2. The van der Waals surface area contributed by atoms with Crippen LogP contribution in [0.25, 0.3) is 0 Å². The number of ether oxygens (including phenoxy) is 3. The van der Waals surface area contributed by atoms with Gasteiger partial charge in [-0.05, 0) is 30.3 Å². The minimum Gasteiger partial charge on any atom is -0.497 e. The van der Waals surface area contributed by atoms with Gasteiger partial charge in [0.25, 0.3) is 5.91 Å². The van der Waals surface area contributed by atoms with Gasteiger partial charge in [-0.1, -0.05) is 18.2 Å². The molecule has 1 aliphatic rings. The van der Waals surface area contributed by atoms with Crippen LogP contribution in [0.15, 0.2) is 48.5 Å². The van der Waals surface area contributed by atoms with Crippen LogP contribution >= 0.6 is 0 Å². The standard InChI is InChI=1S/C20H22N2O5/c1-25-16-8-9-18(26-2)17(14-16)19(23)21-10-12-22(13-11-21)20(24)27-15-6-4-3-5-7-15/h3-9,14H,10-13H2,1-2H3. The Kier molecular flexibility index (Phi) is 5.80. The topological polar surface area (TPSA) is 68.3 Å². The monoisotopic (exact) mass is 370 g/mol. The maximum atomic E-state index is 12.9. The molecular weight excluding hydrogens is 348 g/mol. The fourth-order valence-corrected chi connectivity index (χ4v) is 2.90. The van der Waals surface area contributed by atoms with E-state index in [1.54, 1.807) is 59.4 Å². The number of methoxy groups -OCH3 is 2. The SMILES string of the molecule is COc1ccc(OC)c(C(=O)N2CCN(C(=O)Oc3ccccc3)CC2)c1. The summed E-state index contributed by atoms with van der Waals surface area (Å²) in [6, 6.07) is 14.0. The Bertz CT molecular complexity index is 801. The van der Waals surface area contributed by atoms with E-state index < -0.39 is 6.09 Å². The summed E-state index contributed by atoms with van der Waals surface area (Å²) in [5.41, 5.74) is 0.442. The normalized spacial score (nSPS) is 13.9. The number of amides is 2. The molecule has 7 nitrogen and oxygen atoms in total. The van der Waals surface area contributed by atoms with Gasteiger partial charge in [-0.25, -0.2) is 4.79 Å². The molecule has 0 atom stereocenters. The highest BCUT2D eigenvalue weighted by Crippen LogP contribution is 2.25. The second-order valence-corrected chi connectivity index (χ2v) is 6.03. The summed E-state index contributed by atoms with van der Waals surface area (Å²) in [4.78, 5) is 28.4. The molecule has 27 heavy (non-hydrogen) atoms. The average molecular weight is 370 g/mol. The van der Waals surface area contributed by atoms with Crippen molar-refractivity contribution < 1.29 is 23.8 Å². The van der Waals surface area contributed by atoms with Crippen molar-refractivity contribution in [1.82, 2.24) is 9.80 Å². The van der Waals surface area contributed by atoms with Crippen LogP contribution in [0.4, 0.5) is 4.79 Å². The molecule has 0 saturated carbocycles. The molecule has 0 N–H and O–H groups in total. The molecule has 1 saturated heterocycles.